The molecule has 26 heavy (non-hydrogen) atoms. The summed E-state index contributed by atoms with van der Waals surface area (Å²) in [5.41, 5.74) is 1.84. The summed E-state index contributed by atoms with van der Waals surface area (Å²) in [6.07, 6.45) is 2.38. The number of aldehydes is 1. The van der Waals surface area contributed by atoms with Gasteiger partial charge in [0.2, 0.25) is 9.84 Å². The van der Waals surface area contributed by atoms with Crippen molar-refractivity contribution in [3.63, 3.8) is 0 Å². The third-order valence-electron chi connectivity index (χ3n) is 3.84. The molecule has 0 N–H and O–H groups in total. The first-order valence-corrected chi connectivity index (χ1v) is 10.1. The van der Waals surface area contributed by atoms with Crippen molar-refractivity contribution in [2.45, 2.75) is 4.90 Å². The van der Waals surface area contributed by atoms with Crippen LogP contribution in [0.3, 0.4) is 0 Å². The van der Waals surface area contributed by atoms with Gasteiger partial charge in [0.15, 0.2) is 0 Å². The van der Waals surface area contributed by atoms with E-state index >= 15 is 0 Å². The Morgan fingerprint density at radius 3 is 1.92 bits per heavy atom. The van der Waals surface area contributed by atoms with Gasteiger partial charge in [-0.15, -0.1) is 0 Å². The number of hydrogen-bond acceptors (Lipinski definition) is 3. The van der Waals surface area contributed by atoms with E-state index in [9.17, 15) is 13.2 Å². The first kappa shape index (κ1) is 18.3. The molecule has 3 nitrogen and oxygen atoms in total. The van der Waals surface area contributed by atoms with Crippen LogP contribution in [0.1, 0.15) is 21.5 Å². The molecule has 0 aliphatic heterocycles. The summed E-state index contributed by atoms with van der Waals surface area (Å²) >= 11 is 3.37. The van der Waals surface area contributed by atoms with Crippen LogP contribution >= 0.6 is 15.9 Å². The lowest BCUT2D eigenvalue weighted by Crippen LogP contribution is -2.04. The van der Waals surface area contributed by atoms with Crippen molar-refractivity contribution >= 4 is 43.0 Å². The highest BCUT2D eigenvalue weighted by atomic mass is 79.9. The fourth-order valence-corrected chi connectivity index (χ4v) is 4.25. The minimum absolute atomic E-state index is 0.204. The van der Waals surface area contributed by atoms with E-state index < -0.39 is 9.84 Å². The fourth-order valence-electron chi connectivity index (χ4n) is 2.48. The van der Waals surface area contributed by atoms with Gasteiger partial charge < -0.3 is 0 Å². The third-order valence-corrected chi connectivity index (χ3v) is 6.20. The van der Waals surface area contributed by atoms with E-state index in [2.05, 4.69) is 15.9 Å². The average molecular weight is 427 g/mol. The molecule has 130 valence electrons. The first-order valence-electron chi connectivity index (χ1n) is 7.84. The Kier molecular flexibility index (Phi) is 5.49. The molecule has 0 saturated carbocycles. The highest BCUT2D eigenvalue weighted by molar-refractivity contribution is 9.10. The molecule has 0 heterocycles. The Bertz CT molecular complexity index is 1040. The number of carbonyl (C=O) groups is 1. The predicted octanol–water partition coefficient (Wildman–Crippen LogP) is 5.23. The molecule has 0 saturated heterocycles. The van der Waals surface area contributed by atoms with Crippen LogP contribution < -0.4 is 0 Å². The predicted molar refractivity (Wildman–Crippen MR) is 107 cm³/mol. The molecule has 0 amide bonds. The van der Waals surface area contributed by atoms with Crippen LogP contribution in [0.25, 0.3) is 11.0 Å². The van der Waals surface area contributed by atoms with Crippen molar-refractivity contribution in [2.24, 2.45) is 0 Å². The molecule has 0 unspecified atom stereocenters. The van der Waals surface area contributed by atoms with Crippen LogP contribution in [0.5, 0.6) is 0 Å². The molecule has 0 spiro atoms. The Labute approximate surface area is 161 Å². The lowest BCUT2D eigenvalue weighted by Gasteiger charge is -2.11. The second-order valence-electron chi connectivity index (χ2n) is 5.62. The van der Waals surface area contributed by atoms with Crippen LogP contribution in [0.2, 0.25) is 0 Å². The van der Waals surface area contributed by atoms with Gasteiger partial charge in [0.25, 0.3) is 0 Å². The van der Waals surface area contributed by atoms with Crippen LogP contribution in [-0.4, -0.2) is 14.7 Å². The van der Waals surface area contributed by atoms with Crippen LogP contribution in [0.15, 0.2) is 88.2 Å². The molecule has 0 aliphatic carbocycles. The van der Waals surface area contributed by atoms with E-state index in [0.29, 0.717) is 16.7 Å². The van der Waals surface area contributed by atoms with Crippen molar-refractivity contribution < 1.29 is 13.2 Å². The quantitative estimate of drug-likeness (QED) is 0.414. The smallest absolute Gasteiger partial charge is 0.207 e. The van der Waals surface area contributed by atoms with Gasteiger partial charge in [-0.25, -0.2) is 8.42 Å². The van der Waals surface area contributed by atoms with Gasteiger partial charge in [-0.2, -0.15) is 0 Å². The van der Waals surface area contributed by atoms with E-state index in [1.165, 1.54) is 0 Å². The van der Waals surface area contributed by atoms with Crippen molar-refractivity contribution in [1.82, 2.24) is 0 Å². The van der Waals surface area contributed by atoms with Gasteiger partial charge >= 0.3 is 0 Å². The average Bonchev–Trinajstić information content (AvgIpc) is 2.68. The molecule has 3 aromatic carbocycles. The molecule has 0 fully saturated rings. The van der Waals surface area contributed by atoms with Gasteiger partial charge in [-0.05, 0) is 41.5 Å². The van der Waals surface area contributed by atoms with Crippen molar-refractivity contribution in [1.29, 1.82) is 0 Å². The molecule has 3 aromatic rings. The standard InChI is InChI=1S/C21H15BrO3S/c22-19-12-10-18(11-13-19)21(14-16-6-8-17(15-23)9-7-16)26(24,25)20-4-2-1-3-5-20/h1-15H/b21-14+. The maximum Gasteiger partial charge on any atom is 0.207 e. The highest BCUT2D eigenvalue weighted by Gasteiger charge is 2.22. The Balaban J connectivity index is 2.17. The molecule has 0 atom stereocenters. The molecular formula is C21H15BrO3S. The van der Waals surface area contributed by atoms with E-state index in [4.69, 9.17) is 0 Å². The van der Waals surface area contributed by atoms with Gasteiger partial charge in [-0.1, -0.05) is 70.5 Å². The topological polar surface area (TPSA) is 51.2 Å². The summed E-state index contributed by atoms with van der Waals surface area (Å²) < 4.78 is 27.3. The highest BCUT2D eigenvalue weighted by Crippen LogP contribution is 2.30. The monoisotopic (exact) mass is 426 g/mol. The van der Waals surface area contributed by atoms with Crippen LogP contribution in [-0.2, 0) is 9.84 Å². The molecule has 3 rings (SSSR count). The van der Waals surface area contributed by atoms with Gasteiger partial charge in [0.05, 0.1) is 9.80 Å². The second kappa shape index (κ2) is 7.81. The molecular weight excluding hydrogens is 412 g/mol. The second-order valence-corrected chi connectivity index (χ2v) is 8.45. The number of carbonyl (C=O) groups excluding carboxylic acids is 1. The Morgan fingerprint density at radius 1 is 0.769 bits per heavy atom. The number of halogens is 1. The molecule has 5 heteroatoms. The number of sulfone groups is 1. The third kappa shape index (κ3) is 4.00. The zero-order valence-electron chi connectivity index (χ0n) is 13.7. The SMILES string of the molecule is O=Cc1ccc(/C=C(\c2ccc(Br)cc2)S(=O)(=O)c2ccccc2)cc1. The van der Waals surface area contributed by atoms with E-state index in [-0.39, 0.29) is 9.80 Å². The van der Waals surface area contributed by atoms with Crippen LogP contribution in [0.4, 0.5) is 0 Å². The van der Waals surface area contributed by atoms with Gasteiger partial charge in [-0.3, -0.25) is 4.79 Å². The zero-order chi connectivity index (χ0) is 18.6. The molecule has 0 aliphatic rings. The zero-order valence-corrected chi connectivity index (χ0v) is 16.1. The first-order chi connectivity index (χ1) is 12.5. The van der Waals surface area contributed by atoms with Crippen LogP contribution in [0, 0.1) is 0 Å². The lowest BCUT2D eigenvalue weighted by atomic mass is 10.1. The normalized spacial score (nSPS) is 12.0. The minimum atomic E-state index is -3.70. The van der Waals surface area contributed by atoms with E-state index in [0.717, 1.165) is 10.8 Å². The summed E-state index contributed by atoms with van der Waals surface area (Å²) in [5, 5.41) is 0. The van der Waals surface area contributed by atoms with Crippen molar-refractivity contribution in [3.8, 4) is 0 Å². The summed E-state index contributed by atoms with van der Waals surface area (Å²) in [6, 6.07) is 22.2. The largest absolute Gasteiger partial charge is 0.298 e. The van der Waals surface area contributed by atoms with E-state index in [1.54, 1.807) is 84.9 Å². The number of rotatable bonds is 5. The summed E-state index contributed by atoms with van der Waals surface area (Å²) in [6.45, 7) is 0. The number of hydrogen-bond donors (Lipinski definition) is 0. The Hall–Kier alpha value is -2.50. The van der Waals surface area contributed by atoms with Crippen molar-refractivity contribution in [2.75, 3.05) is 0 Å². The van der Waals surface area contributed by atoms with Gasteiger partial charge in [0.1, 0.15) is 6.29 Å². The fraction of sp³-hybridized carbons (Fsp3) is 0. The van der Waals surface area contributed by atoms with Gasteiger partial charge in [0, 0.05) is 10.0 Å². The lowest BCUT2D eigenvalue weighted by molar-refractivity contribution is 0.112. The summed E-state index contributed by atoms with van der Waals surface area (Å²) in [4.78, 5) is 11.3. The number of benzene rings is 3. The molecule has 0 aromatic heterocycles. The van der Waals surface area contributed by atoms with E-state index in [1.807, 2.05) is 0 Å². The van der Waals surface area contributed by atoms with Crippen molar-refractivity contribution in [3.05, 3.63) is 100 Å². The Morgan fingerprint density at radius 2 is 1.35 bits per heavy atom. The molecule has 0 radical (unpaired) electrons. The molecule has 0 bridgehead atoms. The summed E-state index contributed by atoms with van der Waals surface area (Å²) in [7, 11) is -3.70. The summed E-state index contributed by atoms with van der Waals surface area (Å²) in [5.74, 6) is 0. The maximum absolute atomic E-state index is 13.2. The minimum Gasteiger partial charge on any atom is -0.298 e. The maximum atomic E-state index is 13.2.